The molecule has 2 N–H and O–H groups in total. The third kappa shape index (κ3) is 5.36. The monoisotopic (exact) mass is 529 g/mol. The van der Waals surface area contributed by atoms with Crippen molar-refractivity contribution in [3.63, 3.8) is 0 Å². The minimum Gasteiger partial charge on any atom is -0.496 e. The van der Waals surface area contributed by atoms with Crippen LogP contribution in [0.25, 0.3) is 0 Å². The summed E-state index contributed by atoms with van der Waals surface area (Å²) in [7, 11) is 1.54. The fourth-order valence-corrected chi connectivity index (χ4v) is 5.97. The number of likely N-dealkylation sites (tertiary alicyclic amines) is 1. The summed E-state index contributed by atoms with van der Waals surface area (Å²) in [6.07, 6.45) is 1.57. The predicted octanol–water partition coefficient (Wildman–Crippen LogP) is 2.32. The van der Waals surface area contributed by atoms with Crippen LogP contribution in [0.5, 0.6) is 5.75 Å². The number of hydrogen-bond acceptors (Lipinski definition) is 7. The van der Waals surface area contributed by atoms with Gasteiger partial charge >= 0.3 is 5.97 Å². The number of piperidine rings is 1. The standard InChI is InChI=1S/C28H39N3O7/c1-7-37-27-19(14-21(32)38-27)29-25(34)22-16-11-12-17(13-16)31(22)26(35)23(28(3,4)5)30-24(33)18-9-8-10-20(36-6)15(18)2/h8-10,16-17,19,22-23,27H,7,11-14H2,1-6H3,(H,29,34)(H,30,33)/t16-,17+,19?,22-,23+,27+/m0/s1. The minimum absolute atomic E-state index is 0.0180. The van der Waals surface area contributed by atoms with Crippen LogP contribution in [0.3, 0.4) is 0 Å². The number of rotatable bonds is 8. The van der Waals surface area contributed by atoms with Gasteiger partial charge in [-0.05, 0) is 56.6 Å². The molecule has 1 aliphatic carbocycles. The van der Waals surface area contributed by atoms with E-state index in [9.17, 15) is 19.2 Å². The zero-order chi connectivity index (χ0) is 27.8. The van der Waals surface area contributed by atoms with Crippen molar-refractivity contribution in [2.24, 2.45) is 11.3 Å². The molecule has 38 heavy (non-hydrogen) atoms. The van der Waals surface area contributed by atoms with E-state index in [1.54, 1.807) is 44.1 Å². The van der Waals surface area contributed by atoms with Gasteiger partial charge in [-0.15, -0.1) is 0 Å². The van der Waals surface area contributed by atoms with Gasteiger partial charge in [-0.25, -0.2) is 0 Å². The van der Waals surface area contributed by atoms with Crippen molar-refractivity contribution in [3.05, 3.63) is 29.3 Å². The summed E-state index contributed by atoms with van der Waals surface area (Å²) < 4.78 is 16.0. The number of fused-ring (bicyclic) bond motifs is 2. The highest BCUT2D eigenvalue weighted by atomic mass is 16.7. The molecular formula is C28H39N3O7. The average Bonchev–Trinajstić information content (AvgIpc) is 3.56. The number of nitrogens with zero attached hydrogens (tertiary/aromatic N) is 1. The molecule has 2 saturated heterocycles. The topological polar surface area (TPSA) is 123 Å². The molecule has 10 heteroatoms. The number of benzene rings is 1. The molecule has 1 saturated carbocycles. The number of esters is 1. The molecule has 3 amide bonds. The number of nitrogens with one attached hydrogen (secondary N) is 2. The Kier molecular flexibility index (Phi) is 8.01. The molecule has 10 nitrogen and oxygen atoms in total. The van der Waals surface area contributed by atoms with E-state index in [0.29, 0.717) is 23.5 Å². The Hall–Kier alpha value is -3.14. The average molecular weight is 530 g/mol. The van der Waals surface area contributed by atoms with Crippen molar-refractivity contribution in [2.45, 2.75) is 90.8 Å². The van der Waals surface area contributed by atoms with Crippen molar-refractivity contribution in [1.82, 2.24) is 15.5 Å². The molecule has 1 aromatic rings. The second kappa shape index (κ2) is 10.9. The summed E-state index contributed by atoms with van der Waals surface area (Å²) in [6, 6.07) is 2.99. The first-order chi connectivity index (χ1) is 18.0. The number of methoxy groups -OCH3 is 1. The third-order valence-corrected chi connectivity index (χ3v) is 7.87. The lowest BCUT2D eigenvalue weighted by Crippen LogP contribution is -2.62. The molecule has 0 radical (unpaired) electrons. The highest BCUT2D eigenvalue weighted by Gasteiger charge is 2.54. The Morgan fingerprint density at radius 2 is 1.95 bits per heavy atom. The summed E-state index contributed by atoms with van der Waals surface area (Å²) in [5, 5.41) is 5.88. The van der Waals surface area contributed by atoms with Crippen LogP contribution in [0.15, 0.2) is 18.2 Å². The van der Waals surface area contributed by atoms with Crippen LogP contribution in [0.2, 0.25) is 0 Å². The van der Waals surface area contributed by atoms with Crippen molar-refractivity contribution >= 4 is 23.7 Å². The Morgan fingerprint density at radius 3 is 2.61 bits per heavy atom. The summed E-state index contributed by atoms with van der Waals surface area (Å²) in [5.74, 6) is -0.798. The van der Waals surface area contributed by atoms with Gasteiger partial charge in [0, 0.05) is 23.8 Å². The largest absolute Gasteiger partial charge is 0.496 e. The number of ether oxygens (including phenoxy) is 3. The van der Waals surface area contributed by atoms with E-state index < -0.39 is 35.8 Å². The van der Waals surface area contributed by atoms with Gasteiger partial charge in [0.1, 0.15) is 23.9 Å². The molecule has 2 aliphatic heterocycles. The summed E-state index contributed by atoms with van der Waals surface area (Å²) in [5.41, 5.74) is 0.493. The normalized spacial score (nSPS) is 27.2. The highest BCUT2D eigenvalue weighted by Crippen LogP contribution is 2.44. The minimum atomic E-state index is -0.859. The van der Waals surface area contributed by atoms with Crippen LogP contribution in [-0.2, 0) is 23.9 Å². The number of carbonyl (C=O) groups is 4. The van der Waals surface area contributed by atoms with E-state index in [2.05, 4.69) is 10.6 Å². The summed E-state index contributed by atoms with van der Waals surface area (Å²) >= 11 is 0. The maximum absolute atomic E-state index is 14.1. The SMILES string of the molecule is CCO[C@@H]1OC(=O)CC1NC(=O)[C@@H]1[C@H]2CC[C@H](C2)N1C(=O)[C@@H](NC(=O)c1cccc(OC)c1C)C(C)(C)C. The van der Waals surface area contributed by atoms with Gasteiger partial charge < -0.3 is 29.7 Å². The second-order valence-corrected chi connectivity index (χ2v) is 11.5. The molecule has 3 aliphatic rings. The smallest absolute Gasteiger partial charge is 0.310 e. The predicted molar refractivity (Wildman–Crippen MR) is 138 cm³/mol. The van der Waals surface area contributed by atoms with Gasteiger partial charge in [0.15, 0.2) is 0 Å². The highest BCUT2D eigenvalue weighted by molar-refractivity contribution is 6.00. The Labute approximate surface area is 223 Å². The van der Waals surface area contributed by atoms with Crippen LogP contribution in [-0.4, -0.2) is 72.8 Å². The summed E-state index contributed by atoms with van der Waals surface area (Å²) in [6.45, 7) is 9.61. The van der Waals surface area contributed by atoms with Crippen molar-refractivity contribution in [1.29, 1.82) is 0 Å². The lowest BCUT2D eigenvalue weighted by atomic mass is 9.84. The van der Waals surface area contributed by atoms with Crippen LogP contribution in [0, 0.1) is 18.3 Å². The maximum atomic E-state index is 14.1. The molecule has 208 valence electrons. The van der Waals surface area contributed by atoms with Crippen molar-refractivity contribution in [3.8, 4) is 5.75 Å². The number of carbonyl (C=O) groups excluding carboxylic acids is 4. The number of amides is 3. The molecule has 2 heterocycles. The molecule has 4 rings (SSSR count). The van der Waals surface area contributed by atoms with Gasteiger partial charge in [-0.3, -0.25) is 19.2 Å². The van der Waals surface area contributed by atoms with E-state index in [1.165, 1.54) is 0 Å². The van der Waals surface area contributed by atoms with Gasteiger partial charge in [-0.2, -0.15) is 0 Å². The van der Waals surface area contributed by atoms with Gasteiger partial charge in [0.25, 0.3) is 5.91 Å². The van der Waals surface area contributed by atoms with E-state index in [0.717, 1.165) is 19.3 Å². The van der Waals surface area contributed by atoms with E-state index >= 15 is 0 Å². The molecule has 1 aromatic carbocycles. The molecule has 0 aromatic heterocycles. The maximum Gasteiger partial charge on any atom is 0.310 e. The third-order valence-electron chi connectivity index (χ3n) is 7.87. The van der Waals surface area contributed by atoms with E-state index in [1.807, 2.05) is 20.8 Å². The first-order valence-electron chi connectivity index (χ1n) is 13.3. The molecule has 1 unspecified atom stereocenters. The molecular weight excluding hydrogens is 490 g/mol. The van der Waals surface area contributed by atoms with Gasteiger partial charge in [0.05, 0.1) is 13.5 Å². The Balaban J connectivity index is 1.56. The lowest BCUT2D eigenvalue weighted by Gasteiger charge is -2.40. The zero-order valence-electron chi connectivity index (χ0n) is 23.0. The van der Waals surface area contributed by atoms with Crippen LogP contribution < -0.4 is 15.4 Å². The number of cyclic esters (lactones) is 1. The second-order valence-electron chi connectivity index (χ2n) is 11.5. The quantitative estimate of drug-likeness (QED) is 0.496. The van der Waals surface area contributed by atoms with Crippen LogP contribution in [0.4, 0.5) is 0 Å². The first-order valence-corrected chi connectivity index (χ1v) is 13.3. The Bertz CT molecular complexity index is 1100. The van der Waals surface area contributed by atoms with E-state index in [-0.39, 0.29) is 36.1 Å². The van der Waals surface area contributed by atoms with Gasteiger partial charge in [0.2, 0.25) is 18.1 Å². The zero-order valence-corrected chi connectivity index (χ0v) is 23.0. The van der Waals surface area contributed by atoms with Crippen LogP contribution in [0.1, 0.15) is 69.3 Å². The lowest BCUT2D eigenvalue weighted by molar-refractivity contribution is -0.165. The molecule has 3 fully saturated rings. The first kappa shape index (κ1) is 27.9. The number of hydrogen-bond donors (Lipinski definition) is 2. The van der Waals surface area contributed by atoms with Gasteiger partial charge in [-0.1, -0.05) is 26.8 Å². The molecule has 2 bridgehead atoms. The molecule has 0 spiro atoms. The van der Waals surface area contributed by atoms with Crippen molar-refractivity contribution in [2.75, 3.05) is 13.7 Å². The fraction of sp³-hybridized carbons (Fsp3) is 0.643. The van der Waals surface area contributed by atoms with E-state index in [4.69, 9.17) is 14.2 Å². The molecule has 6 atom stereocenters. The summed E-state index contributed by atoms with van der Waals surface area (Å²) in [4.78, 5) is 54.6. The van der Waals surface area contributed by atoms with Crippen LogP contribution >= 0.6 is 0 Å². The Morgan fingerprint density at radius 1 is 1.21 bits per heavy atom. The van der Waals surface area contributed by atoms with Crippen molar-refractivity contribution < 1.29 is 33.4 Å². The fourth-order valence-electron chi connectivity index (χ4n) is 5.97.